The van der Waals surface area contributed by atoms with Gasteiger partial charge in [-0.2, -0.15) is 0 Å². The van der Waals surface area contributed by atoms with Crippen molar-refractivity contribution in [1.82, 2.24) is 19.8 Å². The third-order valence-corrected chi connectivity index (χ3v) is 5.50. The number of imidazole rings is 1. The maximum atomic E-state index is 12.8. The van der Waals surface area contributed by atoms with Gasteiger partial charge < -0.3 is 15.2 Å². The second-order valence-corrected chi connectivity index (χ2v) is 6.89. The third-order valence-electron chi connectivity index (χ3n) is 5.50. The van der Waals surface area contributed by atoms with E-state index in [-0.39, 0.29) is 23.9 Å². The van der Waals surface area contributed by atoms with Gasteiger partial charge in [-0.05, 0) is 37.8 Å². The summed E-state index contributed by atoms with van der Waals surface area (Å²) < 4.78 is 1.59. The molecule has 7 heteroatoms. The Morgan fingerprint density at radius 2 is 1.96 bits per heavy atom. The van der Waals surface area contributed by atoms with Crippen LogP contribution in [0.3, 0.4) is 0 Å². The molecule has 2 aliphatic heterocycles. The average molecular weight is 342 g/mol. The molecule has 2 aliphatic rings. The Labute approximate surface area is 145 Å². The number of likely N-dealkylation sites (tertiary alicyclic amines) is 1. The number of para-hydroxylation sites is 2. The lowest BCUT2D eigenvalue weighted by Gasteiger charge is -2.40. The Morgan fingerprint density at radius 1 is 1.16 bits per heavy atom. The predicted molar refractivity (Wildman–Crippen MR) is 93.1 cm³/mol. The van der Waals surface area contributed by atoms with Crippen molar-refractivity contribution in [3.05, 3.63) is 34.7 Å². The van der Waals surface area contributed by atoms with Crippen LogP contribution < -0.4 is 11.0 Å². The van der Waals surface area contributed by atoms with Crippen LogP contribution in [0, 0.1) is 0 Å². The van der Waals surface area contributed by atoms with Gasteiger partial charge in [-0.25, -0.2) is 4.79 Å². The minimum atomic E-state index is -0.666. The summed E-state index contributed by atoms with van der Waals surface area (Å²) in [6.45, 7) is 1.62. The fourth-order valence-electron chi connectivity index (χ4n) is 4.27. The molecule has 0 bridgehead atoms. The molecule has 2 fully saturated rings. The Balaban J connectivity index is 1.53. The van der Waals surface area contributed by atoms with E-state index in [1.54, 1.807) is 9.47 Å². The summed E-state index contributed by atoms with van der Waals surface area (Å²) in [4.78, 5) is 41.9. The molecule has 2 N–H and O–H groups in total. The van der Waals surface area contributed by atoms with Gasteiger partial charge >= 0.3 is 5.69 Å². The van der Waals surface area contributed by atoms with Crippen molar-refractivity contribution in [3.8, 4) is 0 Å². The fourth-order valence-corrected chi connectivity index (χ4v) is 4.27. The summed E-state index contributed by atoms with van der Waals surface area (Å²) in [6, 6.07) is 7.44. The van der Waals surface area contributed by atoms with E-state index in [1.807, 2.05) is 24.3 Å². The lowest BCUT2D eigenvalue weighted by Crippen LogP contribution is -2.60. The monoisotopic (exact) mass is 342 g/mol. The molecule has 3 heterocycles. The first-order chi connectivity index (χ1) is 12.1. The number of piperidine rings is 1. The van der Waals surface area contributed by atoms with E-state index in [0.29, 0.717) is 19.6 Å². The van der Waals surface area contributed by atoms with Gasteiger partial charge in [-0.15, -0.1) is 0 Å². The minimum Gasteiger partial charge on any atom is -0.354 e. The van der Waals surface area contributed by atoms with Crippen molar-refractivity contribution in [2.45, 2.75) is 44.2 Å². The number of carbonyl (C=O) groups is 2. The van der Waals surface area contributed by atoms with Crippen molar-refractivity contribution >= 4 is 22.8 Å². The number of aromatic amines is 1. The van der Waals surface area contributed by atoms with E-state index in [1.165, 1.54) is 0 Å². The number of hydrogen-bond acceptors (Lipinski definition) is 3. The van der Waals surface area contributed by atoms with E-state index < -0.39 is 5.54 Å². The molecule has 1 spiro atoms. The molecule has 0 aliphatic carbocycles. The molecule has 2 amide bonds. The van der Waals surface area contributed by atoms with Gasteiger partial charge in [0.1, 0.15) is 5.54 Å². The van der Waals surface area contributed by atoms with Crippen molar-refractivity contribution in [3.63, 3.8) is 0 Å². The van der Waals surface area contributed by atoms with E-state index in [2.05, 4.69) is 10.3 Å². The van der Waals surface area contributed by atoms with Crippen LogP contribution in [0.25, 0.3) is 11.0 Å². The highest BCUT2D eigenvalue weighted by atomic mass is 16.2. The summed E-state index contributed by atoms with van der Waals surface area (Å²) in [7, 11) is 0. The highest BCUT2D eigenvalue weighted by molar-refractivity contribution is 5.92. The molecular weight excluding hydrogens is 320 g/mol. The number of nitrogens with one attached hydrogen (secondary N) is 2. The summed E-state index contributed by atoms with van der Waals surface area (Å²) >= 11 is 0. The van der Waals surface area contributed by atoms with Crippen molar-refractivity contribution in [2.24, 2.45) is 0 Å². The van der Waals surface area contributed by atoms with Gasteiger partial charge in [0.05, 0.1) is 11.0 Å². The number of fused-ring (bicyclic) bond motifs is 1. The predicted octanol–water partition coefficient (Wildman–Crippen LogP) is 0.991. The normalized spacial score (nSPS) is 23.4. The maximum absolute atomic E-state index is 12.8. The molecular formula is C18H22N4O3. The molecule has 0 saturated carbocycles. The lowest BCUT2D eigenvalue weighted by atomic mass is 9.86. The third kappa shape index (κ3) is 2.54. The van der Waals surface area contributed by atoms with Crippen LogP contribution in [0.1, 0.15) is 32.1 Å². The van der Waals surface area contributed by atoms with Crippen molar-refractivity contribution in [2.75, 3.05) is 13.1 Å². The van der Waals surface area contributed by atoms with Crippen LogP contribution in [0.5, 0.6) is 0 Å². The van der Waals surface area contributed by atoms with E-state index in [9.17, 15) is 14.4 Å². The van der Waals surface area contributed by atoms with E-state index in [4.69, 9.17) is 0 Å². The number of aryl methyl sites for hydroxylation is 1. The molecule has 1 aromatic carbocycles. The number of rotatable bonds is 3. The van der Waals surface area contributed by atoms with Gasteiger partial charge in [0.15, 0.2) is 0 Å². The van der Waals surface area contributed by atoms with E-state index in [0.717, 1.165) is 36.7 Å². The zero-order chi connectivity index (χ0) is 17.4. The highest BCUT2D eigenvalue weighted by Crippen LogP contribution is 2.36. The van der Waals surface area contributed by atoms with Crippen molar-refractivity contribution in [1.29, 1.82) is 0 Å². The van der Waals surface area contributed by atoms with Crippen LogP contribution in [0.4, 0.5) is 0 Å². The molecule has 25 heavy (non-hydrogen) atoms. The van der Waals surface area contributed by atoms with Gasteiger partial charge in [-0.1, -0.05) is 12.1 Å². The quantitative estimate of drug-likeness (QED) is 0.872. The summed E-state index contributed by atoms with van der Waals surface area (Å²) in [5.41, 5.74) is 0.692. The number of aromatic nitrogens is 2. The number of carbonyl (C=O) groups excluding carboxylic acids is 2. The van der Waals surface area contributed by atoms with Crippen molar-refractivity contribution < 1.29 is 9.59 Å². The standard InChI is InChI=1S/C18H22N4O3/c23-15(22-11-4-9-18(22)8-3-10-19-16(18)24)7-12-21-14-6-2-1-5-13(14)20-17(21)25/h1-2,5-6H,3-4,7-12H2,(H,19,24)(H,20,25). The second kappa shape index (κ2) is 6.06. The number of hydrogen-bond donors (Lipinski definition) is 2. The molecule has 1 unspecified atom stereocenters. The first-order valence-corrected chi connectivity index (χ1v) is 8.88. The SMILES string of the molecule is O=C(CCn1c(=O)[nH]c2ccccc21)N1CCCC12CCCNC2=O. The minimum absolute atomic E-state index is 0.0196. The van der Waals surface area contributed by atoms with Gasteiger partial charge in [0.25, 0.3) is 0 Å². The molecule has 4 rings (SSSR count). The maximum Gasteiger partial charge on any atom is 0.326 e. The van der Waals surface area contributed by atoms with Gasteiger partial charge in [0.2, 0.25) is 11.8 Å². The second-order valence-electron chi connectivity index (χ2n) is 6.89. The molecule has 1 atom stereocenters. The Hall–Kier alpha value is -2.57. The van der Waals surface area contributed by atoms with Crippen LogP contribution in [-0.2, 0) is 16.1 Å². The largest absolute Gasteiger partial charge is 0.354 e. The summed E-state index contributed by atoms with van der Waals surface area (Å²) in [6.07, 6.45) is 3.44. The zero-order valence-corrected chi connectivity index (χ0v) is 14.1. The van der Waals surface area contributed by atoms with Gasteiger partial charge in [0, 0.05) is 26.1 Å². The molecule has 132 valence electrons. The smallest absolute Gasteiger partial charge is 0.326 e. The van der Waals surface area contributed by atoms with Crippen LogP contribution in [0.15, 0.2) is 29.1 Å². The first kappa shape index (κ1) is 15.9. The Morgan fingerprint density at radius 3 is 2.80 bits per heavy atom. The van der Waals surface area contributed by atoms with Crippen LogP contribution >= 0.6 is 0 Å². The summed E-state index contributed by atoms with van der Waals surface area (Å²) in [5, 5.41) is 2.91. The molecule has 7 nitrogen and oxygen atoms in total. The Kier molecular flexibility index (Phi) is 3.86. The molecule has 1 aromatic heterocycles. The molecule has 2 aromatic rings. The van der Waals surface area contributed by atoms with Crippen LogP contribution in [0.2, 0.25) is 0 Å². The Bertz CT molecular complexity index is 884. The topological polar surface area (TPSA) is 87.2 Å². The first-order valence-electron chi connectivity index (χ1n) is 8.88. The van der Waals surface area contributed by atoms with E-state index >= 15 is 0 Å². The van der Waals surface area contributed by atoms with Crippen LogP contribution in [-0.4, -0.2) is 44.9 Å². The number of nitrogens with zero attached hydrogens (tertiary/aromatic N) is 2. The number of amides is 2. The number of benzene rings is 1. The zero-order valence-electron chi connectivity index (χ0n) is 14.1. The molecule has 0 radical (unpaired) electrons. The summed E-state index contributed by atoms with van der Waals surface area (Å²) in [5.74, 6) is -0.0689. The highest BCUT2D eigenvalue weighted by Gasteiger charge is 2.50. The average Bonchev–Trinajstić information content (AvgIpc) is 3.17. The molecule has 2 saturated heterocycles. The fraction of sp³-hybridized carbons (Fsp3) is 0.500. The van der Waals surface area contributed by atoms with Gasteiger partial charge in [-0.3, -0.25) is 14.2 Å². The lowest BCUT2D eigenvalue weighted by molar-refractivity contribution is -0.147. The number of H-pyrrole nitrogens is 1.